The summed E-state index contributed by atoms with van der Waals surface area (Å²) < 4.78 is 24.4. The topological polar surface area (TPSA) is 43.4 Å². The van der Waals surface area contributed by atoms with E-state index in [0.717, 1.165) is 0 Å². The van der Waals surface area contributed by atoms with Gasteiger partial charge in [0.25, 0.3) is 0 Å². The van der Waals surface area contributed by atoms with E-state index in [-0.39, 0.29) is 27.7 Å². The van der Waals surface area contributed by atoms with Gasteiger partial charge in [0, 0.05) is 0 Å². The molecule has 0 saturated carbocycles. The molecule has 0 spiro atoms. The third kappa shape index (κ3) is 6.71. The van der Waals surface area contributed by atoms with Crippen LogP contribution in [0, 0.1) is 0 Å². The monoisotopic (exact) mass is 230 g/mol. The first-order valence-corrected chi connectivity index (χ1v) is 7.24. The van der Waals surface area contributed by atoms with Gasteiger partial charge in [-0.3, -0.25) is 0 Å². The van der Waals surface area contributed by atoms with Crippen LogP contribution >= 0.6 is 0 Å². The first kappa shape index (κ1) is 7.71. The third-order valence-corrected chi connectivity index (χ3v) is 2.01. The maximum atomic E-state index is 10.1. The Bertz CT molecular complexity index is 126. The van der Waals surface area contributed by atoms with Crippen LogP contribution in [0.4, 0.5) is 0 Å². The van der Waals surface area contributed by atoms with Gasteiger partial charge in [0.05, 0.1) is 0 Å². The summed E-state index contributed by atoms with van der Waals surface area (Å²) >= 11 is 0.148. The summed E-state index contributed by atoms with van der Waals surface area (Å²) in [6, 6.07) is 0. The Morgan fingerprint density at radius 3 is 2.14 bits per heavy atom. The number of rotatable bonds is 2. The van der Waals surface area contributed by atoms with Crippen molar-refractivity contribution in [3.05, 3.63) is 0 Å². The summed E-state index contributed by atoms with van der Waals surface area (Å²) in [4.78, 5) is 0. The van der Waals surface area contributed by atoms with Crippen molar-refractivity contribution in [2.75, 3.05) is 6.61 Å². The van der Waals surface area contributed by atoms with E-state index in [1.807, 2.05) is 0 Å². The van der Waals surface area contributed by atoms with Crippen LogP contribution in [0.5, 0.6) is 0 Å². The zero-order chi connectivity index (χ0) is 5.91. The van der Waals surface area contributed by atoms with Gasteiger partial charge < -0.3 is 0 Å². The Kier molecular flexibility index (Phi) is 3.17. The Labute approximate surface area is 54.7 Å². The van der Waals surface area contributed by atoms with Crippen LogP contribution in [0.2, 0.25) is 0 Å². The van der Waals surface area contributed by atoms with Crippen molar-refractivity contribution in [2.45, 2.75) is 6.92 Å². The quantitative estimate of drug-likeness (QED) is 0.580. The molecule has 2 radical (unpaired) electrons. The molecule has 0 fully saturated rings. The molecule has 0 rings (SSSR count). The summed E-state index contributed by atoms with van der Waals surface area (Å²) in [5, 5.41) is 0. The molecule has 0 atom stereocenters. The van der Waals surface area contributed by atoms with Crippen molar-refractivity contribution < 1.29 is 12.6 Å². The molecule has 0 aliphatic heterocycles. The average molecular weight is 229 g/mol. The number of hydrogen-bond donors (Lipinski definition) is 0. The van der Waals surface area contributed by atoms with Gasteiger partial charge in [-0.25, -0.2) is 0 Å². The van der Waals surface area contributed by atoms with E-state index < -0.39 is 7.30 Å². The maximum absolute atomic E-state index is 10.1. The molecule has 42 valence electrons. The summed E-state index contributed by atoms with van der Waals surface area (Å²) in [6.07, 6.45) is 0. The Morgan fingerprint density at radius 1 is 1.71 bits per heavy atom. The van der Waals surface area contributed by atoms with Gasteiger partial charge >= 0.3 is 54.6 Å². The van der Waals surface area contributed by atoms with Crippen molar-refractivity contribution >= 4 is 28.4 Å². The van der Waals surface area contributed by atoms with Crippen LogP contribution in [0.3, 0.4) is 0 Å². The van der Waals surface area contributed by atoms with Crippen molar-refractivity contribution in [1.82, 2.24) is 0 Å². The standard InChI is InChI=1S/C2H5O3S.Sn.H/c1-2-5-6(3)4;;/h2H2,1H3;;. The molecule has 0 bridgehead atoms. The van der Waals surface area contributed by atoms with Crippen LogP contribution < -0.4 is 0 Å². The van der Waals surface area contributed by atoms with Crippen LogP contribution in [0.1, 0.15) is 6.92 Å². The fourth-order valence-electron chi connectivity index (χ4n) is 0.164. The van der Waals surface area contributed by atoms with Gasteiger partial charge in [0.15, 0.2) is 0 Å². The van der Waals surface area contributed by atoms with Gasteiger partial charge in [-0.15, -0.1) is 0 Å². The van der Waals surface area contributed by atoms with Gasteiger partial charge in [0.2, 0.25) is 0 Å². The second-order valence-electron chi connectivity index (χ2n) is 0.899. The first-order valence-electron chi connectivity index (χ1n) is 1.73. The van der Waals surface area contributed by atoms with Crippen LogP contribution in [0.15, 0.2) is 0 Å². The first-order chi connectivity index (χ1) is 3.06. The van der Waals surface area contributed by atoms with Crippen molar-refractivity contribution in [3.8, 4) is 0 Å². The van der Waals surface area contributed by atoms with Crippen LogP contribution in [-0.2, 0) is 11.5 Å². The minimum absolute atomic E-state index is 0.148. The van der Waals surface area contributed by atoms with Crippen LogP contribution in [-0.4, -0.2) is 36.2 Å². The summed E-state index contributed by atoms with van der Waals surface area (Å²) in [5.41, 5.74) is 0. The predicted octanol–water partition coefficient (Wildman–Crippen LogP) is -0.831. The van der Waals surface area contributed by atoms with Crippen molar-refractivity contribution in [1.29, 1.82) is 0 Å². The second-order valence-corrected chi connectivity index (χ2v) is 7.06. The van der Waals surface area contributed by atoms with Gasteiger partial charge in [-0.2, -0.15) is 0 Å². The fraction of sp³-hybridized carbons (Fsp3) is 1.00. The average Bonchev–Trinajstić information content (AvgIpc) is 1.30. The summed E-state index contributed by atoms with van der Waals surface area (Å²) in [6.45, 7) is 1.90. The molecule has 5 heteroatoms. The molecule has 3 nitrogen and oxygen atoms in total. The zero-order valence-electron chi connectivity index (χ0n) is 3.92. The Morgan fingerprint density at radius 2 is 2.14 bits per heavy atom. The molecule has 0 amide bonds. The molecular weight excluding hydrogens is 223 g/mol. The zero-order valence-corrected chi connectivity index (χ0v) is 8.03. The normalized spacial score (nSPS) is 11.7. The SMILES string of the molecule is CCO[S](=O)(=O)[SnH]. The van der Waals surface area contributed by atoms with E-state index in [4.69, 9.17) is 0 Å². The Hall–Kier alpha value is 0.709. The second kappa shape index (κ2) is 2.88. The van der Waals surface area contributed by atoms with Crippen LogP contribution in [0.25, 0.3) is 0 Å². The van der Waals surface area contributed by atoms with Crippen molar-refractivity contribution in [2.24, 2.45) is 0 Å². The molecule has 0 saturated heterocycles. The molecular formula is C2H6O3SSn. The summed E-state index contributed by atoms with van der Waals surface area (Å²) in [5.74, 6) is 0. The molecule has 0 aromatic carbocycles. The molecule has 0 aromatic rings. The van der Waals surface area contributed by atoms with E-state index in [1.165, 1.54) is 0 Å². The minimum atomic E-state index is -3.04. The molecule has 0 heterocycles. The van der Waals surface area contributed by atoms with E-state index in [9.17, 15) is 8.42 Å². The van der Waals surface area contributed by atoms with Gasteiger partial charge in [0.1, 0.15) is 0 Å². The van der Waals surface area contributed by atoms with E-state index >= 15 is 0 Å². The predicted molar refractivity (Wildman–Crippen MR) is 27.7 cm³/mol. The van der Waals surface area contributed by atoms with E-state index in [1.54, 1.807) is 6.92 Å². The van der Waals surface area contributed by atoms with Gasteiger partial charge in [-0.1, -0.05) is 0 Å². The van der Waals surface area contributed by atoms with Gasteiger partial charge in [-0.05, 0) is 0 Å². The molecule has 0 N–H and O–H groups in total. The van der Waals surface area contributed by atoms with E-state index in [2.05, 4.69) is 4.18 Å². The van der Waals surface area contributed by atoms with Crippen molar-refractivity contribution in [3.63, 3.8) is 0 Å². The molecule has 7 heavy (non-hydrogen) atoms. The molecule has 0 unspecified atom stereocenters. The molecule has 0 aliphatic carbocycles. The Balaban J connectivity index is 3.60. The molecule has 0 aliphatic rings. The number of hydrogen-bond acceptors (Lipinski definition) is 3. The molecule has 0 aromatic heterocycles. The van der Waals surface area contributed by atoms with E-state index in [0.29, 0.717) is 0 Å². The third-order valence-electron chi connectivity index (χ3n) is 0.282. The summed E-state index contributed by atoms with van der Waals surface area (Å²) in [7, 11) is -3.04. The fourth-order valence-corrected chi connectivity index (χ4v) is 1.66.